The summed E-state index contributed by atoms with van der Waals surface area (Å²) in [5.74, 6) is -0.376. The number of carbonyl (C=O) groups is 2. The van der Waals surface area contributed by atoms with Gasteiger partial charge in [0, 0.05) is 24.2 Å². The number of aromatic nitrogens is 2. The predicted octanol–water partition coefficient (Wildman–Crippen LogP) is 0.613. The first-order chi connectivity index (χ1) is 5.11. The van der Waals surface area contributed by atoms with E-state index < -0.39 is 0 Å². The molecule has 5 heteroatoms. The van der Waals surface area contributed by atoms with E-state index in [0.717, 1.165) is 0 Å². The molecule has 0 spiro atoms. The predicted molar refractivity (Wildman–Crippen MR) is 37.4 cm³/mol. The van der Waals surface area contributed by atoms with Crippen LogP contribution in [0.15, 0.2) is 0 Å². The number of H-pyrrole nitrogens is 1. The van der Waals surface area contributed by atoms with Crippen LogP contribution in [0.25, 0.3) is 0 Å². The van der Waals surface area contributed by atoms with E-state index in [0.29, 0.717) is 0 Å². The molecule has 0 aliphatic heterocycles. The average molecular weight is 202 g/mol. The Hall–Kier alpha value is -0.866. The molecule has 0 unspecified atom stereocenters. The molecule has 1 aromatic rings. The molecule has 0 fully saturated rings. The van der Waals surface area contributed by atoms with Crippen LogP contribution in [-0.2, 0) is 18.6 Å². The molecule has 0 bridgehead atoms. The van der Waals surface area contributed by atoms with Gasteiger partial charge in [0.25, 0.3) is 0 Å². The molecular formula is C7H7N2O2V-. The normalized spacial score (nSPS) is 8.83. The van der Waals surface area contributed by atoms with Gasteiger partial charge in [-0.05, 0) is 19.5 Å². The Morgan fingerprint density at radius 1 is 1.33 bits per heavy atom. The van der Waals surface area contributed by atoms with E-state index in [1.807, 2.05) is 0 Å². The molecule has 0 aliphatic rings. The van der Waals surface area contributed by atoms with Gasteiger partial charge >= 0.3 is 0 Å². The smallest absolute Gasteiger partial charge is 0.0780 e. The fraction of sp³-hybridized carbons (Fsp3) is 0.286. The van der Waals surface area contributed by atoms with Crippen molar-refractivity contribution >= 4 is 11.6 Å². The number of nitrogens with zero attached hydrogens (tertiary/aromatic N) is 1. The monoisotopic (exact) mass is 202 g/mol. The summed E-state index contributed by atoms with van der Waals surface area (Å²) in [5.41, 5.74) is 0.422. The fourth-order valence-electron chi connectivity index (χ4n) is 0.620. The van der Waals surface area contributed by atoms with E-state index in [1.54, 1.807) is 0 Å². The molecule has 0 saturated heterocycles. The number of rotatable bonds is 2. The van der Waals surface area contributed by atoms with E-state index in [1.165, 1.54) is 13.8 Å². The van der Waals surface area contributed by atoms with Crippen molar-refractivity contribution in [1.82, 2.24) is 10.2 Å². The summed E-state index contributed by atoms with van der Waals surface area (Å²) < 4.78 is 0. The minimum Gasteiger partial charge on any atom is -0.368 e. The quantitative estimate of drug-likeness (QED) is 0.564. The van der Waals surface area contributed by atoms with E-state index in [-0.39, 0.29) is 41.5 Å². The number of aromatic amines is 1. The number of carbonyl (C=O) groups excluding carboxylic acids is 2. The Labute approximate surface area is 81.6 Å². The first kappa shape index (κ1) is 11.1. The van der Waals surface area contributed by atoms with Crippen LogP contribution in [0.1, 0.15) is 34.8 Å². The first-order valence-corrected chi connectivity index (χ1v) is 3.11. The first-order valence-electron chi connectivity index (χ1n) is 3.11. The Morgan fingerprint density at radius 3 is 2.17 bits per heavy atom. The number of Topliss-reactive ketones (excluding diaryl/α,β-unsaturated/α-hetero) is 2. The van der Waals surface area contributed by atoms with Gasteiger partial charge in [0.1, 0.15) is 0 Å². The van der Waals surface area contributed by atoms with Crippen LogP contribution < -0.4 is 0 Å². The number of ketones is 2. The summed E-state index contributed by atoms with van der Waals surface area (Å²) in [6, 6.07) is 2.55. The maximum Gasteiger partial charge on any atom is 0.0780 e. The third kappa shape index (κ3) is 2.32. The van der Waals surface area contributed by atoms with Gasteiger partial charge in [0.15, 0.2) is 0 Å². The molecule has 0 aromatic carbocycles. The second-order valence-corrected chi connectivity index (χ2v) is 2.18. The van der Waals surface area contributed by atoms with Gasteiger partial charge in [-0.3, -0.25) is 0 Å². The minimum absolute atomic E-state index is 0. The maximum absolute atomic E-state index is 10.7. The molecule has 63 valence electrons. The van der Waals surface area contributed by atoms with Gasteiger partial charge in [-0.1, -0.05) is 0 Å². The van der Waals surface area contributed by atoms with E-state index in [2.05, 4.69) is 16.3 Å². The molecule has 1 N–H and O–H groups in total. The van der Waals surface area contributed by atoms with Crippen LogP contribution in [0.4, 0.5) is 0 Å². The van der Waals surface area contributed by atoms with Gasteiger partial charge in [0.2, 0.25) is 0 Å². The topological polar surface area (TPSA) is 62.8 Å². The van der Waals surface area contributed by atoms with Gasteiger partial charge in [-0.2, -0.15) is 0 Å². The average Bonchev–Trinajstić information content (AvgIpc) is 2.33. The molecule has 1 radical (unpaired) electrons. The number of hydrogen-bond acceptors (Lipinski definition) is 3. The summed E-state index contributed by atoms with van der Waals surface area (Å²) in [7, 11) is 0. The van der Waals surface area contributed by atoms with E-state index in [4.69, 9.17) is 0 Å². The zero-order valence-electron chi connectivity index (χ0n) is 6.71. The molecule has 1 aromatic heterocycles. The van der Waals surface area contributed by atoms with Gasteiger partial charge in [-0.15, -0.1) is 6.07 Å². The number of hydrogen-bond donors (Lipinski definition) is 1. The van der Waals surface area contributed by atoms with Crippen molar-refractivity contribution in [3.63, 3.8) is 0 Å². The molecule has 0 atom stereocenters. The van der Waals surface area contributed by atoms with Crippen molar-refractivity contribution < 1.29 is 28.1 Å². The Bertz CT molecular complexity index is 278. The Balaban J connectivity index is 0.00000121. The van der Waals surface area contributed by atoms with Gasteiger partial charge in [0.05, 0.1) is 11.6 Å². The van der Waals surface area contributed by atoms with Crippen LogP contribution >= 0.6 is 0 Å². The van der Waals surface area contributed by atoms with E-state index in [9.17, 15) is 9.59 Å². The SMILES string of the molecule is CC(=O)c1[c-]c(C(C)=O)[nH]n1.[V]. The molecule has 4 nitrogen and oxygen atoms in total. The van der Waals surface area contributed by atoms with Crippen molar-refractivity contribution in [3.05, 3.63) is 17.5 Å². The van der Waals surface area contributed by atoms with E-state index >= 15 is 0 Å². The van der Waals surface area contributed by atoms with Crippen molar-refractivity contribution in [2.45, 2.75) is 13.8 Å². The maximum atomic E-state index is 10.7. The number of nitrogens with one attached hydrogen (secondary N) is 1. The molecule has 12 heavy (non-hydrogen) atoms. The summed E-state index contributed by atoms with van der Waals surface area (Å²) >= 11 is 0. The van der Waals surface area contributed by atoms with Crippen LogP contribution in [0, 0.1) is 6.07 Å². The Kier molecular flexibility index (Phi) is 3.93. The summed E-state index contributed by atoms with van der Waals surface area (Å²) in [6.07, 6.45) is 0. The zero-order valence-corrected chi connectivity index (χ0v) is 8.11. The summed E-state index contributed by atoms with van der Waals surface area (Å²) in [4.78, 5) is 21.3. The second kappa shape index (κ2) is 4.23. The fourth-order valence-corrected chi connectivity index (χ4v) is 0.620. The summed E-state index contributed by atoms with van der Waals surface area (Å²) in [6.45, 7) is 2.75. The molecular weight excluding hydrogens is 195 g/mol. The standard InChI is InChI=1S/C7H7N2O2.V/c1-4(10)6-3-7(5(2)11)9-8-6;/h1-2H3,(H,8,9);/q-1;. The molecule has 0 saturated carbocycles. The van der Waals surface area contributed by atoms with Crippen LogP contribution in [-0.4, -0.2) is 21.8 Å². The van der Waals surface area contributed by atoms with Crippen LogP contribution in [0.2, 0.25) is 0 Å². The summed E-state index contributed by atoms with van der Waals surface area (Å²) in [5, 5.41) is 6.00. The van der Waals surface area contributed by atoms with Crippen LogP contribution in [0.5, 0.6) is 0 Å². The molecule has 1 rings (SSSR count). The third-order valence-electron chi connectivity index (χ3n) is 1.21. The third-order valence-corrected chi connectivity index (χ3v) is 1.21. The largest absolute Gasteiger partial charge is 0.368 e. The van der Waals surface area contributed by atoms with Crippen molar-refractivity contribution in [1.29, 1.82) is 0 Å². The Morgan fingerprint density at radius 2 is 1.92 bits per heavy atom. The van der Waals surface area contributed by atoms with Gasteiger partial charge in [-0.25, -0.2) is 5.10 Å². The molecule has 0 amide bonds. The zero-order chi connectivity index (χ0) is 8.43. The van der Waals surface area contributed by atoms with Crippen molar-refractivity contribution in [2.75, 3.05) is 0 Å². The van der Waals surface area contributed by atoms with Crippen molar-refractivity contribution in [3.8, 4) is 0 Å². The minimum atomic E-state index is -0.200. The second-order valence-electron chi connectivity index (χ2n) is 2.18. The van der Waals surface area contributed by atoms with Crippen LogP contribution in [0.3, 0.4) is 0 Å². The molecule has 1 heterocycles. The molecule has 0 aliphatic carbocycles. The van der Waals surface area contributed by atoms with Crippen molar-refractivity contribution in [2.24, 2.45) is 0 Å². The van der Waals surface area contributed by atoms with Gasteiger partial charge < -0.3 is 14.7 Å².